The van der Waals surface area contributed by atoms with Crippen LogP contribution in [0.4, 0.5) is 20.3 Å². The highest BCUT2D eigenvalue weighted by Gasteiger charge is 2.32. The summed E-state index contributed by atoms with van der Waals surface area (Å²) in [4.78, 5) is 56.8. The lowest BCUT2D eigenvalue weighted by molar-refractivity contribution is -0.123. The van der Waals surface area contributed by atoms with E-state index in [-0.39, 0.29) is 63.9 Å². The second-order valence-electron chi connectivity index (χ2n) is 10.5. The van der Waals surface area contributed by atoms with Crippen molar-refractivity contribution in [2.75, 3.05) is 45.0 Å². The van der Waals surface area contributed by atoms with Crippen molar-refractivity contribution in [3.63, 3.8) is 0 Å². The summed E-state index contributed by atoms with van der Waals surface area (Å²) in [7, 11) is 8.21. The Morgan fingerprint density at radius 2 is 1.73 bits per heavy atom. The Bertz CT molecular complexity index is 1540. The average Bonchev–Trinajstić information content (AvgIpc) is 3.29. The smallest absolute Gasteiger partial charge is 0.291 e. The van der Waals surface area contributed by atoms with Gasteiger partial charge in [-0.05, 0) is 51.2 Å². The maximum Gasteiger partial charge on any atom is 0.291 e. The Morgan fingerprint density at radius 1 is 1.09 bits per heavy atom. The van der Waals surface area contributed by atoms with Gasteiger partial charge in [-0.25, -0.2) is 9.37 Å². The predicted molar refractivity (Wildman–Crippen MR) is 160 cm³/mol. The Labute approximate surface area is 257 Å². The molecule has 2 aromatic heterocycles. The summed E-state index contributed by atoms with van der Waals surface area (Å²) in [5.74, 6) is -2.90. The van der Waals surface area contributed by atoms with Crippen LogP contribution in [0.2, 0.25) is 5.02 Å². The van der Waals surface area contributed by atoms with Crippen LogP contribution in [0.25, 0.3) is 11.3 Å². The van der Waals surface area contributed by atoms with Crippen LogP contribution in [-0.2, 0) is 16.6 Å². The number of carbonyl (C=O) groups excluding carboxylic acids is 3. The summed E-state index contributed by atoms with van der Waals surface area (Å²) < 4.78 is 30.4. The molecule has 0 radical (unpaired) electrons. The Kier molecular flexibility index (Phi) is 11.3. The highest BCUT2D eigenvalue weighted by atomic mass is 35.5. The van der Waals surface area contributed by atoms with Crippen molar-refractivity contribution in [2.24, 2.45) is 7.05 Å². The maximum atomic E-state index is 14.7. The largest absolute Gasteiger partial charge is 0.483 e. The van der Waals surface area contributed by atoms with Crippen LogP contribution in [-0.4, -0.2) is 95.6 Å². The molecule has 0 bridgehead atoms. The summed E-state index contributed by atoms with van der Waals surface area (Å²) >= 11 is 6.34. The van der Waals surface area contributed by atoms with Crippen LogP contribution >= 0.6 is 11.6 Å². The van der Waals surface area contributed by atoms with Gasteiger partial charge in [0.05, 0.1) is 34.6 Å². The first kappa shape index (κ1) is 33.9. The summed E-state index contributed by atoms with van der Waals surface area (Å²) in [5.41, 5.74) is 0.553. The van der Waals surface area contributed by atoms with Gasteiger partial charge in [0.1, 0.15) is 0 Å². The maximum absolute atomic E-state index is 14.7. The number of likely N-dealkylation sites (N-methyl/N-ethyl adjacent to an activating group) is 1. The number of aromatic nitrogens is 3. The van der Waals surface area contributed by atoms with Crippen molar-refractivity contribution < 1.29 is 33.1 Å². The van der Waals surface area contributed by atoms with E-state index in [1.165, 1.54) is 40.9 Å². The number of pyridine rings is 1. The topological polar surface area (TPSA) is 162 Å². The third kappa shape index (κ3) is 8.26. The summed E-state index contributed by atoms with van der Waals surface area (Å²) in [6.45, 7) is 0.0498. The number of anilines is 2. The van der Waals surface area contributed by atoms with Gasteiger partial charge in [-0.3, -0.25) is 19.2 Å². The molecule has 13 nitrogen and oxygen atoms in total. The predicted octanol–water partition coefficient (Wildman–Crippen LogP) is 2.37. The number of carbonyl (C=O) groups is 4. The second-order valence-corrected chi connectivity index (χ2v) is 10.9. The van der Waals surface area contributed by atoms with Crippen LogP contribution in [0.1, 0.15) is 33.8 Å². The van der Waals surface area contributed by atoms with E-state index in [1.807, 2.05) is 14.1 Å². The zero-order valence-corrected chi connectivity index (χ0v) is 25.4. The van der Waals surface area contributed by atoms with Crippen molar-refractivity contribution in [3.05, 3.63) is 58.6 Å². The molecule has 4 N–H and O–H groups in total. The summed E-state index contributed by atoms with van der Waals surface area (Å²) in [6.07, 6.45) is 2.49. The van der Waals surface area contributed by atoms with Gasteiger partial charge in [-0.15, -0.1) is 0 Å². The van der Waals surface area contributed by atoms with Crippen molar-refractivity contribution in [1.29, 1.82) is 0 Å². The number of amides is 3. The fourth-order valence-electron chi connectivity index (χ4n) is 4.46. The highest BCUT2D eigenvalue weighted by Crippen LogP contribution is 2.28. The van der Waals surface area contributed by atoms with Crippen molar-refractivity contribution in [3.8, 4) is 11.3 Å². The lowest BCUT2D eigenvalue weighted by Crippen LogP contribution is -2.54. The van der Waals surface area contributed by atoms with Crippen LogP contribution in [0, 0.1) is 11.8 Å². The first-order chi connectivity index (χ1) is 20.7. The summed E-state index contributed by atoms with van der Waals surface area (Å²) in [5, 5.41) is 15.5. The highest BCUT2D eigenvalue weighted by molar-refractivity contribution is 6.34. The molecular weight excluding hydrogens is 602 g/mol. The van der Waals surface area contributed by atoms with Crippen molar-refractivity contribution in [2.45, 2.75) is 24.9 Å². The van der Waals surface area contributed by atoms with Gasteiger partial charge < -0.3 is 35.4 Å². The zero-order chi connectivity index (χ0) is 32.7. The van der Waals surface area contributed by atoms with E-state index in [2.05, 4.69) is 25.9 Å². The number of hydrogen-bond acceptors (Lipinski definition) is 8. The molecule has 0 aliphatic heterocycles. The number of benzene rings is 1. The Balaban J connectivity index is 0.00000169. The monoisotopic (exact) mass is 634 g/mol. The number of hydrogen-bond donors (Lipinski definition) is 4. The minimum atomic E-state index is -0.905. The SMILES string of the molecule is CN(C)CC(=O)NC1CC(NC(=O)c2ccc(NC(=O)c3ncc(-c4cc(F)c(N(C)C)nc4F)n3C)cc2Cl)C1.O=CO. The minimum absolute atomic E-state index is 0.0108. The molecule has 1 fully saturated rings. The molecule has 44 heavy (non-hydrogen) atoms. The molecule has 1 aromatic carbocycles. The van der Waals surface area contributed by atoms with Crippen molar-refractivity contribution in [1.82, 2.24) is 30.1 Å². The van der Waals surface area contributed by atoms with E-state index in [4.69, 9.17) is 21.5 Å². The molecule has 1 aliphatic rings. The van der Waals surface area contributed by atoms with E-state index in [9.17, 15) is 23.2 Å². The number of halogens is 3. The zero-order valence-electron chi connectivity index (χ0n) is 24.7. The fourth-order valence-corrected chi connectivity index (χ4v) is 4.73. The van der Waals surface area contributed by atoms with Gasteiger partial charge in [0, 0.05) is 38.9 Å². The molecule has 2 heterocycles. The number of rotatable bonds is 9. The molecule has 0 unspecified atom stereocenters. The van der Waals surface area contributed by atoms with Gasteiger partial charge in [-0.2, -0.15) is 9.37 Å². The molecule has 1 saturated carbocycles. The van der Waals surface area contributed by atoms with Gasteiger partial charge in [-0.1, -0.05) is 11.6 Å². The van der Waals surface area contributed by atoms with E-state index in [1.54, 1.807) is 19.0 Å². The molecule has 3 amide bonds. The number of carboxylic acid groups (broad SMARTS) is 1. The van der Waals surface area contributed by atoms with E-state index >= 15 is 0 Å². The number of imidazole rings is 1. The van der Waals surface area contributed by atoms with E-state index in [0.717, 1.165) is 6.07 Å². The Morgan fingerprint density at radius 3 is 2.32 bits per heavy atom. The third-order valence-corrected chi connectivity index (χ3v) is 6.88. The van der Waals surface area contributed by atoms with Gasteiger partial charge >= 0.3 is 0 Å². The normalized spacial score (nSPS) is 15.4. The molecule has 236 valence electrons. The molecule has 0 saturated heterocycles. The third-order valence-electron chi connectivity index (χ3n) is 6.57. The number of nitrogens with one attached hydrogen (secondary N) is 3. The summed E-state index contributed by atoms with van der Waals surface area (Å²) in [6, 6.07) is 5.37. The molecule has 4 rings (SSSR count). The van der Waals surface area contributed by atoms with E-state index in [0.29, 0.717) is 25.1 Å². The fraction of sp³-hybridized carbons (Fsp3) is 0.357. The van der Waals surface area contributed by atoms with Crippen molar-refractivity contribution >= 4 is 47.3 Å². The second kappa shape index (κ2) is 14.7. The van der Waals surface area contributed by atoms with E-state index < -0.39 is 17.7 Å². The van der Waals surface area contributed by atoms with Crippen LogP contribution in [0.5, 0.6) is 0 Å². The first-order valence-corrected chi connectivity index (χ1v) is 13.6. The van der Waals surface area contributed by atoms with Gasteiger partial charge in [0.25, 0.3) is 18.3 Å². The average molecular weight is 635 g/mol. The molecule has 16 heteroatoms. The molecular formula is C28H33ClF2N8O5. The molecule has 0 spiro atoms. The number of nitrogens with zero attached hydrogens (tertiary/aromatic N) is 5. The quantitative estimate of drug-likeness (QED) is 0.205. The lowest BCUT2D eigenvalue weighted by atomic mass is 9.86. The van der Waals surface area contributed by atoms with Crippen LogP contribution in [0.3, 0.4) is 0 Å². The molecule has 3 aromatic rings. The van der Waals surface area contributed by atoms with Crippen LogP contribution in [0.15, 0.2) is 30.5 Å². The standard InChI is InChI=1S/C27H31ClF2N8O3.CH2O2/c1-36(2)13-22(39)32-15-8-16(9-15)34-26(40)17-7-6-14(10-19(17)28)33-27(41)25-31-12-21(38(25)5)18-11-20(29)24(37(3)4)35-23(18)30;2-1-3/h6-7,10-12,15-16H,8-9,13H2,1-5H3,(H,32,39)(H,33,41)(H,34,40);1H,(H,2,3). The molecule has 0 atom stereocenters. The Hall–Kier alpha value is -4.63. The van der Waals surface area contributed by atoms with Gasteiger partial charge in [0.2, 0.25) is 11.9 Å². The minimum Gasteiger partial charge on any atom is -0.483 e. The first-order valence-electron chi connectivity index (χ1n) is 13.2. The van der Waals surface area contributed by atoms with Crippen LogP contribution < -0.4 is 20.9 Å². The molecule has 1 aliphatic carbocycles. The van der Waals surface area contributed by atoms with Gasteiger partial charge in [0.15, 0.2) is 17.5 Å². The lowest BCUT2D eigenvalue weighted by Gasteiger charge is -2.36.